The monoisotopic (exact) mass is 534 g/mol. The summed E-state index contributed by atoms with van der Waals surface area (Å²) in [6, 6.07) is 19.4. The van der Waals surface area contributed by atoms with Crippen LogP contribution in [-0.2, 0) is 13.1 Å². The number of benzene rings is 1. The number of para-hydroxylation sites is 1. The Morgan fingerprint density at radius 1 is 0.467 bits per heavy atom. The number of pyridine rings is 2. The molecule has 0 bridgehead atoms. The average molecular weight is 536 g/mol. The Morgan fingerprint density at radius 3 is 1.67 bits per heavy atom. The van der Waals surface area contributed by atoms with E-state index in [0.717, 1.165) is 13.1 Å². The van der Waals surface area contributed by atoms with Gasteiger partial charge in [0.2, 0.25) is 5.52 Å². The van der Waals surface area contributed by atoms with Gasteiger partial charge in [0.25, 0.3) is 0 Å². The first-order chi connectivity index (χ1) is 13.9. The van der Waals surface area contributed by atoms with Crippen molar-refractivity contribution in [2.24, 2.45) is 0 Å². The summed E-state index contributed by atoms with van der Waals surface area (Å²) in [7, 11) is 0. The van der Waals surface area contributed by atoms with Gasteiger partial charge in [0.1, 0.15) is 13.1 Å². The van der Waals surface area contributed by atoms with Gasteiger partial charge < -0.3 is 34.0 Å². The lowest BCUT2D eigenvalue weighted by Crippen LogP contribution is -3.00. The van der Waals surface area contributed by atoms with Crippen LogP contribution in [0.5, 0.6) is 0 Å². The summed E-state index contributed by atoms with van der Waals surface area (Å²) in [5.74, 6) is 0. The zero-order valence-electron chi connectivity index (χ0n) is 18.1. The minimum Gasteiger partial charge on any atom is -1.00 e. The number of fused-ring (bicyclic) bond motifs is 1. The van der Waals surface area contributed by atoms with Gasteiger partial charge in [-0.25, -0.2) is 4.57 Å². The second-order valence-corrected chi connectivity index (χ2v) is 7.91. The first-order valence-corrected chi connectivity index (χ1v) is 11.2. The van der Waals surface area contributed by atoms with Crippen molar-refractivity contribution in [2.75, 3.05) is 0 Å². The van der Waals surface area contributed by atoms with Crippen molar-refractivity contribution in [3.8, 4) is 0 Å². The standard InChI is InChI=1S/C26H36N2.2BrH/c1(3-5-7-12-20-27-21-13-9-14-22-27)2-4-6-8-15-23-28-24-16-18-25-17-10-11-19-26(25)28;;/h9-11,13-14,16-19,21-22,24H,1-8,12,15,20,23H2;2*1H/q+2;;/p-2. The molecule has 0 amide bonds. The molecule has 0 spiro atoms. The molecule has 0 saturated carbocycles. The zero-order valence-corrected chi connectivity index (χ0v) is 21.2. The molecular formula is C26H36Br2N2. The average Bonchev–Trinajstić information content (AvgIpc) is 2.75. The van der Waals surface area contributed by atoms with Crippen LogP contribution in [0.4, 0.5) is 0 Å². The summed E-state index contributed by atoms with van der Waals surface area (Å²) in [5, 5.41) is 1.34. The summed E-state index contributed by atoms with van der Waals surface area (Å²) in [6.07, 6.45) is 20.3. The summed E-state index contributed by atoms with van der Waals surface area (Å²) in [5.41, 5.74) is 1.36. The Morgan fingerprint density at radius 2 is 1.00 bits per heavy atom. The van der Waals surface area contributed by atoms with E-state index in [1.54, 1.807) is 0 Å². The van der Waals surface area contributed by atoms with Crippen LogP contribution in [0.3, 0.4) is 0 Å². The highest BCUT2D eigenvalue weighted by Crippen LogP contribution is 2.12. The molecule has 0 radical (unpaired) electrons. The fourth-order valence-electron chi connectivity index (χ4n) is 3.99. The van der Waals surface area contributed by atoms with E-state index in [1.165, 1.54) is 75.1 Å². The van der Waals surface area contributed by atoms with Crippen LogP contribution in [0.2, 0.25) is 0 Å². The first kappa shape index (κ1) is 26.8. The third kappa shape index (κ3) is 9.70. The van der Waals surface area contributed by atoms with Gasteiger partial charge in [-0.2, -0.15) is 4.57 Å². The predicted molar refractivity (Wildman–Crippen MR) is 117 cm³/mol. The predicted octanol–water partition coefficient (Wildman–Crippen LogP) is 0.0240. The summed E-state index contributed by atoms with van der Waals surface area (Å²) in [4.78, 5) is 0. The molecule has 30 heavy (non-hydrogen) atoms. The highest BCUT2D eigenvalue weighted by Gasteiger charge is 2.06. The van der Waals surface area contributed by atoms with Crippen LogP contribution >= 0.6 is 0 Å². The van der Waals surface area contributed by atoms with Crippen LogP contribution in [-0.4, -0.2) is 0 Å². The van der Waals surface area contributed by atoms with Gasteiger partial charge in [0.05, 0.1) is 0 Å². The normalized spacial score (nSPS) is 10.4. The SMILES string of the molecule is [Br-].[Br-].c1cc[n+](CCCCCCCCCCCC[n+]2cccc3ccccc32)cc1. The van der Waals surface area contributed by atoms with Crippen LogP contribution in [0.15, 0.2) is 73.2 Å². The van der Waals surface area contributed by atoms with Crippen molar-refractivity contribution < 1.29 is 43.1 Å². The van der Waals surface area contributed by atoms with E-state index in [1.807, 2.05) is 0 Å². The minimum atomic E-state index is 0. The molecule has 3 rings (SSSR count). The van der Waals surface area contributed by atoms with Gasteiger partial charge in [0.15, 0.2) is 18.6 Å². The molecule has 0 unspecified atom stereocenters. The molecule has 164 valence electrons. The van der Waals surface area contributed by atoms with Crippen LogP contribution in [0.25, 0.3) is 10.9 Å². The smallest absolute Gasteiger partial charge is 0.212 e. The van der Waals surface area contributed by atoms with Gasteiger partial charge in [-0.3, -0.25) is 0 Å². The Kier molecular flexibility index (Phi) is 14.7. The number of aromatic nitrogens is 2. The molecule has 1 aromatic carbocycles. The Balaban J connectivity index is 0.00000225. The number of halogens is 2. The fourth-order valence-corrected chi connectivity index (χ4v) is 3.99. The summed E-state index contributed by atoms with van der Waals surface area (Å²) < 4.78 is 4.69. The highest BCUT2D eigenvalue weighted by atomic mass is 79.9. The number of nitrogens with zero attached hydrogens (tertiary/aromatic N) is 2. The second-order valence-electron chi connectivity index (χ2n) is 7.91. The van der Waals surface area contributed by atoms with Crippen molar-refractivity contribution in [2.45, 2.75) is 77.3 Å². The lowest BCUT2D eigenvalue weighted by Gasteiger charge is -2.03. The number of unbranched alkanes of at least 4 members (excludes halogenated alkanes) is 9. The van der Waals surface area contributed by atoms with Gasteiger partial charge >= 0.3 is 0 Å². The van der Waals surface area contributed by atoms with Crippen LogP contribution in [0.1, 0.15) is 64.2 Å². The number of hydrogen-bond acceptors (Lipinski definition) is 0. The molecule has 2 nitrogen and oxygen atoms in total. The first-order valence-electron chi connectivity index (χ1n) is 11.2. The highest BCUT2D eigenvalue weighted by molar-refractivity contribution is 5.74. The lowest BCUT2D eigenvalue weighted by atomic mass is 10.1. The van der Waals surface area contributed by atoms with E-state index in [9.17, 15) is 0 Å². The number of rotatable bonds is 13. The summed E-state index contributed by atoms with van der Waals surface area (Å²) >= 11 is 0. The summed E-state index contributed by atoms with van der Waals surface area (Å²) in [6.45, 7) is 2.30. The Bertz CT molecular complexity index is 803. The Hall–Kier alpha value is -1.26. The van der Waals surface area contributed by atoms with Crippen molar-refractivity contribution in [1.82, 2.24) is 0 Å². The maximum Gasteiger partial charge on any atom is 0.212 e. The molecule has 0 saturated heterocycles. The van der Waals surface area contributed by atoms with E-state index >= 15 is 0 Å². The third-order valence-corrected chi connectivity index (χ3v) is 5.63. The van der Waals surface area contributed by atoms with Crippen LogP contribution < -0.4 is 43.1 Å². The molecule has 0 N–H and O–H groups in total. The zero-order chi connectivity index (χ0) is 19.3. The molecule has 3 aromatic rings. The maximum atomic E-state index is 2.41. The topological polar surface area (TPSA) is 7.76 Å². The van der Waals surface area contributed by atoms with Crippen LogP contribution in [0, 0.1) is 0 Å². The van der Waals surface area contributed by atoms with E-state index < -0.39 is 0 Å². The molecule has 2 aromatic heterocycles. The maximum absolute atomic E-state index is 2.41. The molecule has 0 fully saturated rings. The Labute approximate surface area is 203 Å². The van der Waals surface area contributed by atoms with E-state index in [4.69, 9.17) is 0 Å². The minimum absolute atomic E-state index is 0. The van der Waals surface area contributed by atoms with Crippen molar-refractivity contribution in [3.05, 3.63) is 73.2 Å². The lowest BCUT2D eigenvalue weighted by molar-refractivity contribution is -0.697. The molecular weight excluding hydrogens is 500 g/mol. The third-order valence-electron chi connectivity index (χ3n) is 5.63. The molecule has 0 atom stereocenters. The van der Waals surface area contributed by atoms with E-state index in [0.29, 0.717) is 0 Å². The van der Waals surface area contributed by atoms with Crippen molar-refractivity contribution in [1.29, 1.82) is 0 Å². The second kappa shape index (κ2) is 16.4. The van der Waals surface area contributed by atoms with Gasteiger partial charge in [0, 0.05) is 42.5 Å². The van der Waals surface area contributed by atoms with E-state index in [-0.39, 0.29) is 34.0 Å². The molecule has 0 aliphatic carbocycles. The molecule has 4 heteroatoms. The van der Waals surface area contributed by atoms with E-state index in [2.05, 4.69) is 82.3 Å². The van der Waals surface area contributed by atoms with Gasteiger partial charge in [-0.05, 0) is 25.0 Å². The van der Waals surface area contributed by atoms with Crippen molar-refractivity contribution >= 4 is 10.9 Å². The van der Waals surface area contributed by atoms with Gasteiger partial charge in [-0.1, -0.05) is 56.7 Å². The fraction of sp³-hybridized carbons (Fsp3) is 0.462. The molecule has 0 aliphatic rings. The number of hydrogen-bond donors (Lipinski definition) is 0. The quantitative estimate of drug-likeness (QED) is 0.215. The number of aryl methyl sites for hydroxylation is 2. The van der Waals surface area contributed by atoms with Gasteiger partial charge in [-0.15, -0.1) is 0 Å². The van der Waals surface area contributed by atoms with Crippen molar-refractivity contribution in [3.63, 3.8) is 0 Å². The molecule has 0 aliphatic heterocycles. The molecule has 2 heterocycles. The largest absolute Gasteiger partial charge is 1.00 e.